The molecule has 0 aromatic carbocycles. The van der Waals surface area contributed by atoms with E-state index in [9.17, 15) is 25.2 Å². The van der Waals surface area contributed by atoms with E-state index in [-0.39, 0.29) is 22.3 Å². The van der Waals surface area contributed by atoms with Crippen LogP contribution in [0.15, 0.2) is 12.2 Å². The maximum absolute atomic E-state index is 13.7. The maximum atomic E-state index is 13.7. The first-order valence-corrected chi connectivity index (χ1v) is 13.2. The van der Waals surface area contributed by atoms with Gasteiger partial charge in [-0.1, -0.05) is 19.9 Å². The van der Waals surface area contributed by atoms with Crippen LogP contribution >= 0.6 is 0 Å². The van der Waals surface area contributed by atoms with Gasteiger partial charge < -0.3 is 34.6 Å². The van der Waals surface area contributed by atoms with E-state index in [4.69, 9.17) is 14.2 Å². The molecule has 0 aromatic rings. The number of carbonyl (C=O) groups is 1. The van der Waals surface area contributed by atoms with Gasteiger partial charge in [-0.3, -0.25) is 4.79 Å². The van der Waals surface area contributed by atoms with Gasteiger partial charge in [0.2, 0.25) is 6.29 Å². The van der Waals surface area contributed by atoms with Crippen LogP contribution in [0.5, 0.6) is 0 Å². The van der Waals surface area contributed by atoms with Gasteiger partial charge in [0.1, 0.15) is 24.4 Å². The summed E-state index contributed by atoms with van der Waals surface area (Å²) in [5.41, 5.74) is 0.434. The summed E-state index contributed by atoms with van der Waals surface area (Å²) in [7, 11) is 1.81. The molecule has 2 bridgehead atoms. The maximum Gasteiger partial charge on any atom is 0.314 e. The fourth-order valence-electron chi connectivity index (χ4n) is 9.30. The number of hydrogen-bond acceptors (Lipinski definition) is 8. The average molecular weight is 495 g/mol. The van der Waals surface area contributed by atoms with Crippen molar-refractivity contribution in [1.29, 1.82) is 0 Å². The normalized spacial score (nSPS) is 53.6. The smallest absolute Gasteiger partial charge is 0.314 e. The summed E-state index contributed by atoms with van der Waals surface area (Å²) in [5.74, 6) is 0.170. The molecule has 8 heteroatoms. The highest BCUT2D eigenvalue weighted by molar-refractivity contribution is 5.77. The van der Waals surface area contributed by atoms with Crippen LogP contribution < -0.4 is 0 Å². The molecule has 1 heterocycles. The van der Waals surface area contributed by atoms with Crippen LogP contribution in [0.25, 0.3) is 0 Å². The van der Waals surface area contributed by atoms with Crippen LogP contribution in [0.3, 0.4) is 0 Å². The first kappa shape index (κ1) is 25.6. The number of ether oxygens (including phenoxy) is 3. The molecule has 1 aliphatic heterocycles. The Balaban J connectivity index is 1.39. The third-order valence-electron chi connectivity index (χ3n) is 11.1. The number of aliphatic hydroxyl groups excluding tert-OH is 4. The van der Waals surface area contributed by atoms with E-state index >= 15 is 0 Å². The molecule has 0 radical (unpaired) electrons. The predicted octanol–water partition coefficient (Wildman–Crippen LogP) is 2.07. The fourth-order valence-corrected chi connectivity index (χ4v) is 9.30. The van der Waals surface area contributed by atoms with Crippen molar-refractivity contribution in [3.8, 4) is 0 Å². The molecule has 4 aliphatic carbocycles. The summed E-state index contributed by atoms with van der Waals surface area (Å²) in [6.07, 6.45) is 1.50. The van der Waals surface area contributed by atoms with Crippen molar-refractivity contribution >= 4 is 5.97 Å². The Morgan fingerprint density at radius 2 is 1.77 bits per heavy atom. The molecule has 198 valence electrons. The molecular weight excluding hydrogens is 452 g/mol. The van der Waals surface area contributed by atoms with Gasteiger partial charge in [0, 0.05) is 7.11 Å². The second kappa shape index (κ2) is 8.50. The van der Waals surface area contributed by atoms with Gasteiger partial charge in [0.15, 0.2) is 0 Å². The molecule has 8 nitrogen and oxygen atoms in total. The summed E-state index contributed by atoms with van der Waals surface area (Å²) < 4.78 is 17.2. The van der Waals surface area contributed by atoms with E-state index in [0.717, 1.165) is 51.4 Å². The number of esters is 1. The van der Waals surface area contributed by atoms with Gasteiger partial charge in [-0.2, -0.15) is 0 Å². The third-order valence-corrected chi connectivity index (χ3v) is 11.1. The topological polar surface area (TPSA) is 126 Å². The molecule has 11 atom stereocenters. The number of fused-ring (bicyclic) bond motifs is 3. The Hall–Kier alpha value is -1.03. The van der Waals surface area contributed by atoms with E-state index in [0.29, 0.717) is 12.3 Å². The quantitative estimate of drug-likeness (QED) is 0.346. The molecule has 5 fully saturated rings. The summed E-state index contributed by atoms with van der Waals surface area (Å²) in [6, 6.07) is 0. The van der Waals surface area contributed by atoms with Gasteiger partial charge in [-0.25, -0.2) is 0 Å². The van der Waals surface area contributed by atoms with E-state index in [2.05, 4.69) is 13.5 Å². The summed E-state index contributed by atoms with van der Waals surface area (Å²) in [5, 5.41) is 40.1. The van der Waals surface area contributed by atoms with Crippen molar-refractivity contribution in [2.24, 2.45) is 28.1 Å². The number of hydrogen-bond donors (Lipinski definition) is 4. The van der Waals surface area contributed by atoms with Gasteiger partial charge >= 0.3 is 5.97 Å². The summed E-state index contributed by atoms with van der Waals surface area (Å²) >= 11 is 0. The molecule has 4 N–H and O–H groups in total. The van der Waals surface area contributed by atoms with Crippen molar-refractivity contribution in [2.75, 3.05) is 13.7 Å². The minimum Gasteiger partial charge on any atom is -0.432 e. The van der Waals surface area contributed by atoms with Crippen molar-refractivity contribution in [3.05, 3.63) is 12.2 Å². The molecule has 5 unspecified atom stereocenters. The highest BCUT2D eigenvalue weighted by Crippen LogP contribution is 2.73. The van der Waals surface area contributed by atoms with Crippen molar-refractivity contribution in [2.45, 2.75) is 108 Å². The zero-order chi connectivity index (χ0) is 25.4. The zero-order valence-corrected chi connectivity index (χ0v) is 21.2. The Kier molecular flexibility index (Phi) is 6.22. The van der Waals surface area contributed by atoms with Crippen LogP contribution in [0.2, 0.25) is 0 Å². The molecule has 0 amide bonds. The average Bonchev–Trinajstić information content (AvgIpc) is 3.03. The van der Waals surface area contributed by atoms with Crippen LogP contribution in [-0.2, 0) is 19.0 Å². The van der Waals surface area contributed by atoms with E-state index in [1.165, 1.54) is 5.57 Å². The van der Waals surface area contributed by atoms with Gasteiger partial charge in [-0.15, -0.1) is 0 Å². The number of rotatable bonds is 4. The lowest BCUT2D eigenvalue weighted by Gasteiger charge is -2.64. The first-order valence-electron chi connectivity index (χ1n) is 13.2. The van der Waals surface area contributed by atoms with Crippen molar-refractivity contribution in [3.63, 3.8) is 0 Å². The third kappa shape index (κ3) is 3.51. The van der Waals surface area contributed by atoms with E-state index in [1.807, 2.05) is 14.0 Å². The zero-order valence-electron chi connectivity index (χ0n) is 21.2. The van der Waals surface area contributed by atoms with Crippen LogP contribution in [-0.4, -0.2) is 76.4 Å². The van der Waals surface area contributed by atoms with E-state index < -0.39 is 48.7 Å². The lowest BCUT2D eigenvalue weighted by atomic mass is 9.41. The summed E-state index contributed by atoms with van der Waals surface area (Å²) in [6.45, 7) is 8.20. The van der Waals surface area contributed by atoms with Crippen molar-refractivity contribution < 1.29 is 39.4 Å². The Labute approximate surface area is 207 Å². The van der Waals surface area contributed by atoms with Crippen LogP contribution in [0.1, 0.15) is 71.6 Å². The lowest BCUT2D eigenvalue weighted by Crippen LogP contribution is -2.62. The van der Waals surface area contributed by atoms with E-state index in [1.54, 1.807) is 0 Å². The molecular formula is C27H42O8. The minimum absolute atomic E-state index is 0.0236. The summed E-state index contributed by atoms with van der Waals surface area (Å²) in [4.78, 5) is 13.7. The van der Waals surface area contributed by atoms with Crippen LogP contribution in [0, 0.1) is 28.1 Å². The predicted molar refractivity (Wildman–Crippen MR) is 126 cm³/mol. The lowest BCUT2D eigenvalue weighted by molar-refractivity contribution is -0.298. The molecule has 1 spiro atoms. The number of methoxy groups -OCH3 is 1. The second-order valence-corrected chi connectivity index (χ2v) is 12.6. The largest absolute Gasteiger partial charge is 0.432 e. The highest BCUT2D eigenvalue weighted by Gasteiger charge is 2.68. The monoisotopic (exact) mass is 494 g/mol. The standard InChI is InChI=1S/C27H42O8/c1-15-12-26-10-6-17-24(2,18(26)7-11-27(15,14-26)33-4)8-5-9-25(17,3)23(32)35-22-21(31)20(30)19(29)16(13-28)34-22/h16-22,28-31H,1,5-14H2,2-4H3/t16?,17-,18-,19?,20?,21?,22?,24+,25+,26+,27-/m0/s1. The molecule has 5 aliphatic rings. The SMILES string of the molecule is C=C1C[C@@]23CC[C@H]4[C@@](C)(CCC[C@@]4(C)C(=O)OC4OC(CO)C(O)C(O)C4O)[C@@H]2CC[C@]1(OC)C3. The second-order valence-electron chi connectivity index (χ2n) is 12.6. The first-order chi connectivity index (χ1) is 16.5. The van der Waals surface area contributed by atoms with Crippen molar-refractivity contribution in [1.82, 2.24) is 0 Å². The molecule has 4 saturated carbocycles. The number of aliphatic hydroxyl groups is 4. The van der Waals surface area contributed by atoms with Crippen LogP contribution in [0.4, 0.5) is 0 Å². The van der Waals surface area contributed by atoms with Gasteiger partial charge in [-0.05, 0) is 86.5 Å². The van der Waals surface area contributed by atoms with Gasteiger partial charge in [0.05, 0.1) is 17.6 Å². The Bertz CT molecular complexity index is 875. The Morgan fingerprint density at radius 1 is 1.06 bits per heavy atom. The molecule has 35 heavy (non-hydrogen) atoms. The Morgan fingerprint density at radius 3 is 2.46 bits per heavy atom. The highest BCUT2D eigenvalue weighted by atomic mass is 16.7. The molecule has 1 saturated heterocycles. The fraction of sp³-hybridized carbons (Fsp3) is 0.889. The van der Waals surface area contributed by atoms with Gasteiger partial charge in [0.25, 0.3) is 0 Å². The molecule has 0 aromatic heterocycles. The molecule has 5 rings (SSSR count). The minimum atomic E-state index is -1.59. The number of carbonyl (C=O) groups excluding carboxylic acids is 1.